The predicted octanol–water partition coefficient (Wildman–Crippen LogP) is 3.81. The van der Waals surface area contributed by atoms with Crippen LogP contribution in [0.3, 0.4) is 0 Å². The first-order valence-corrected chi connectivity index (χ1v) is 8.46. The van der Waals surface area contributed by atoms with Crippen LogP contribution < -0.4 is 0 Å². The van der Waals surface area contributed by atoms with Crippen LogP contribution in [0.2, 0.25) is 0 Å². The molecule has 0 saturated heterocycles. The molecule has 0 aliphatic heterocycles. The van der Waals surface area contributed by atoms with Gasteiger partial charge in [-0.1, -0.05) is 13.0 Å². The molecule has 4 nitrogen and oxygen atoms in total. The van der Waals surface area contributed by atoms with Crippen LogP contribution in [-0.4, -0.2) is 16.1 Å². The van der Waals surface area contributed by atoms with Gasteiger partial charge in [0.25, 0.3) is 5.69 Å². The van der Waals surface area contributed by atoms with E-state index in [1.54, 1.807) is 12.1 Å². The summed E-state index contributed by atoms with van der Waals surface area (Å²) < 4.78 is 0. The second-order valence-corrected chi connectivity index (χ2v) is 7.69. The topological polar surface area (TPSA) is 63.4 Å². The van der Waals surface area contributed by atoms with Crippen molar-refractivity contribution in [2.45, 2.75) is 57.5 Å². The Morgan fingerprint density at radius 2 is 2.09 bits per heavy atom. The van der Waals surface area contributed by atoms with Crippen LogP contribution in [0.4, 0.5) is 5.69 Å². The zero-order valence-corrected chi connectivity index (χ0v) is 13.0. The highest BCUT2D eigenvalue weighted by Crippen LogP contribution is 2.60. The fraction of sp³-hybridized carbons (Fsp3) is 0.667. The van der Waals surface area contributed by atoms with Crippen molar-refractivity contribution < 1.29 is 10.0 Å². The number of fused-ring (bicyclic) bond motifs is 5. The van der Waals surface area contributed by atoms with E-state index in [0.717, 1.165) is 38.5 Å². The lowest BCUT2D eigenvalue weighted by Gasteiger charge is -2.50. The molecule has 0 amide bonds. The Morgan fingerprint density at radius 1 is 1.27 bits per heavy atom. The van der Waals surface area contributed by atoms with Gasteiger partial charge in [0.2, 0.25) is 0 Å². The molecule has 5 atom stereocenters. The number of hydrogen-bond acceptors (Lipinski definition) is 3. The van der Waals surface area contributed by atoms with Gasteiger partial charge in [-0.3, -0.25) is 10.1 Å². The third kappa shape index (κ3) is 1.86. The minimum absolute atomic E-state index is 0.0967. The maximum Gasteiger partial charge on any atom is 0.269 e. The molecular formula is C18H23NO3. The van der Waals surface area contributed by atoms with Crippen molar-refractivity contribution >= 4 is 5.69 Å². The standard InChI is InChI=1S/C18H23NO3/c1-18-9-8-14-13-5-3-12(19(21)22)10-11(13)2-4-15(14)16(18)6-7-17(18)20/h3,5,10,14-17,20H,2,4,6-9H2,1H3/t14-,15-,16+,17+,18+/m1/s1. The van der Waals surface area contributed by atoms with Crippen molar-refractivity contribution in [1.29, 1.82) is 0 Å². The summed E-state index contributed by atoms with van der Waals surface area (Å²) in [6, 6.07) is 5.44. The molecule has 1 aromatic carbocycles. The number of nitrogens with zero attached hydrogens (tertiary/aromatic N) is 1. The van der Waals surface area contributed by atoms with Crippen molar-refractivity contribution in [3.8, 4) is 0 Å². The van der Waals surface area contributed by atoms with Crippen LogP contribution in [0.5, 0.6) is 0 Å². The molecule has 1 N–H and O–H groups in total. The number of nitro groups is 1. The third-order valence-corrected chi connectivity index (χ3v) is 6.87. The van der Waals surface area contributed by atoms with E-state index in [4.69, 9.17) is 0 Å². The number of nitro benzene ring substituents is 1. The second kappa shape index (κ2) is 4.79. The zero-order valence-electron chi connectivity index (χ0n) is 13.0. The number of hydrogen-bond donors (Lipinski definition) is 1. The summed E-state index contributed by atoms with van der Waals surface area (Å²) >= 11 is 0. The first-order valence-electron chi connectivity index (χ1n) is 8.46. The van der Waals surface area contributed by atoms with Gasteiger partial charge in [-0.25, -0.2) is 0 Å². The third-order valence-electron chi connectivity index (χ3n) is 6.87. The average Bonchev–Trinajstić information content (AvgIpc) is 2.82. The van der Waals surface area contributed by atoms with Crippen molar-refractivity contribution in [1.82, 2.24) is 0 Å². The Hall–Kier alpha value is -1.42. The molecule has 0 heterocycles. The number of rotatable bonds is 1. The van der Waals surface area contributed by atoms with E-state index in [0.29, 0.717) is 17.8 Å². The smallest absolute Gasteiger partial charge is 0.269 e. The molecule has 4 rings (SSSR count). The van der Waals surface area contributed by atoms with Gasteiger partial charge < -0.3 is 5.11 Å². The molecule has 3 aliphatic rings. The molecule has 3 aliphatic carbocycles. The lowest BCUT2D eigenvalue weighted by atomic mass is 9.55. The summed E-state index contributed by atoms with van der Waals surface area (Å²) in [4.78, 5) is 10.7. The zero-order chi connectivity index (χ0) is 15.5. The van der Waals surface area contributed by atoms with E-state index in [1.165, 1.54) is 11.1 Å². The first kappa shape index (κ1) is 14.2. The van der Waals surface area contributed by atoms with Crippen LogP contribution in [-0.2, 0) is 6.42 Å². The molecule has 0 aromatic heterocycles. The van der Waals surface area contributed by atoms with E-state index < -0.39 is 0 Å². The van der Waals surface area contributed by atoms with E-state index in [1.807, 2.05) is 6.07 Å². The van der Waals surface area contributed by atoms with Crippen LogP contribution >= 0.6 is 0 Å². The lowest BCUT2D eigenvalue weighted by Crippen LogP contribution is -2.43. The molecule has 22 heavy (non-hydrogen) atoms. The van der Waals surface area contributed by atoms with Gasteiger partial charge in [0.05, 0.1) is 11.0 Å². The Morgan fingerprint density at radius 3 is 2.86 bits per heavy atom. The summed E-state index contributed by atoms with van der Waals surface area (Å²) in [5.74, 6) is 1.79. The van der Waals surface area contributed by atoms with E-state index in [9.17, 15) is 15.2 Å². The maximum absolute atomic E-state index is 11.0. The fourth-order valence-electron chi connectivity index (χ4n) is 5.65. The molecule has 118 valence electrons. The molecule has 1 aromatic rings. The van der Waals surface area contributed by atoms with Crippen LogP contribution in [0.25, 0.3) is 0 Å². The van der Waals surface area contributed by atoms with E-state index in [-0.39, 0.29) is 22.1 Å². The van der Waals surface area contributed by atoms with Crippen LogP contribution in [0.15, 0.2) is 18.2 Å². The van der Waals surface area contributed by atoms with Gasteiger partial charge in [0.15, 0.2) is 0 Å². The Kier molecular flexibility index (Phi) is 3.09. The summed E-state index contributed by atoms with van der Waals surface area (Å²) in [6.45, 7) is 2.27. The molecule has 2 fully saturated rings. The SMILES string of the molecule is C[C@]12CC[C@@H]3c4ccc([N+](=O)[O-])cc4CC[C@H]3[C@@H]1CC[C@@H]2O. The van der Waals surface area contributed by atoms with Gasteiger partial charge in [-0.2, -0.15) is 0 Å². The van der Waals surface area contributed by atoms with Crippen LogP contribution in [0, 0.1) is 27.4 Å². The highest BCUT2D eigenvalue weighted by molar-refractivity contribution is 5.43. The van der Waals surface area contributed by atoms with Gasteiger partial charge in [-0.15, -0.1) is 0 Å². The number of aliphatic hydroxyl groups is 1. The molecule has 2 saturated carbocycles. The average molecular weight is 301 g/mol. The quantitative estimate of drug-likeness (QED) is 0.633. The Labute approximate surface area is 130 Å². The van der Waals surface area contributed by atoms with Crippen molar-refractivity contribution in [2.24, 2.45) is 17.3 Å². The minimum Gasteiger partial charge on any atom is -0.393 e. The molecule has 0 radical (unpaired) electrons. The van der Waals surface area contributed by atoms with Crippen molar-refractivity contribution in [2.75, 3.05) is 0 Å². The monoisotopic (exact) mass is 301 g/mol. The van der Waals surface area contributed by atoms with Gasteiger partial charge >= 0.3 is 0 Å². The van der Waals surface area contributed by atoms with Crippen LogP contribution in [0.1, 0.15) is 56.1 Å². The molecule has 0 spiro atoms. The Balaban J connectivity index is 1.69. The number of benzene rings is 1. The molecule has 0 unspecified atom stereocenters. The molecular weight excluding hydrogens is 278 g/mol. The van der Waals surface area contributed by atoms with Gasteiger partial charge in [-0.05, 0) is 72.8 Å². The predicted molar refractivity (Wildman–Crippen MR) is 83.7 cm³/mol. The van der Waals surface area contributed by atoms with E-state index >= 15 is 0 Å². The minimum atomic E-state index is -0.294. The normalized spacial score (nSPS) is 39.7. The second-order valence-electron chi connectivity index (χ2n) is 7.69. The highest BCUT2D eigenvalue weighted by Gasteiger charge is 2.54. The van der Waals surface area contributed by atoms with Gasteiger partial charge in [0.1, 0.15) is 0 Å². The van der Waals surface area contributed by atoms with Crippen molar-refractivity contribution in [3.63, 3.8) is 0 Å². The summed E-state index contributed by atoms with van der Waals surface area (Å²) in [6.07, 6.45) is 6.19. The molecule has 0 bridgehead atoms. The largest absolute Gasteiger partial charge is 0.393 e. The molecule has 4 heteroatoms. The van der Waals surface area contributed by atoms with E-state index in [2.05, 4.69) is 6.92 Å². The van der Waals surface area contributed by atoms with Crippen molar-refractivity contribution in [3.05, 3.63) is 39.4 Å². The lowest BCUT2D eigenvalue weighted by molar-refractivity contribution is -0.384. The summed E-state index contributed by atoms with van der Waals surface area (Å²) in [5, 5.41) is 21.4. The van der Waals surface area contributed by atoms with Gasteiger partial charge in [0, 0.05) is 12.1 Å². The summed E-state index contributed by atoms with van der Waals surface area (Å²) in [5.41, 5.74) is 2.83. The Bertz CT molecular complexity index is 629. The maximum atomic E-state index is 11.0. The summed E-state index contributed by atoms with van der Waals surface area (Å²) in [7, 11) is 0. The number of aliphatic hydroxyl groups excluding tert-OH is 1. The highest BCUT2D eigenvalue weighted by atomic mass is 16.6. The first-order chi connectivity index (χ1) is 10.5. The fourth-order valence-corrected chi connectivity index (χ4v) is 5.65. The number of non-ortho nitro benzene ring substituents is 1. The number of aryl methyl sites for hydroxylation is 1.